The van der Waals surface area contributed by atoms with E-state index in [1.54, 1.807) is 0 Å². The first-order valence-electron chi connectivity index (χ1n) is 32.3. The zero-order valence-corrected chi connectivity index (χ0v) is 51.0. The molecule has 0 saturated carbocycles. The molecule has 0 atom stereocenters. The number of para-hydroxylation sites is 8. The molecule has 9 heterocycles. The molecule has 6 aliphatic rings. The van der Waals surface area contributed by atoms with E-state index in [9.17, 15) is 0 Å². The number of nitrogens with zero attached hydrogens (tertiary/aromatic N) is 6. The van der Waals surface area contributed by atoms with Gasteiger partial charge in [0.15, 0.2) is 0 Å². The van der Waals surface area contributed by atoms with Gasteiger partial charge in [0.1, 0.15) is 23.0 Å². The monoisotopic (exact) mass is 1190 g/mol. The second-order valence-electron chi connectivity index (χ2n) is 26.1. The highest BCUT2D eigenvalue weighted by atomic mass is 16.5. The van der Waals surface area contributed by atoms with Gasteiger partial charge in [-0.05, 0) is 134 Å². The van der Waals surface area contributed by atoms with Crippen molar-refractivity contribution in [2.75, 3.05) is 41.2 Å². The minimum Gasteiger partial charge on any atom is -0.458 e. The van der Waals surface area contributed by atoms with Crippen molar-refractivity contribution >= 4 is 180 Å². The van der Waals surface area contributed by atoms with Crippen molar-refractivity contribution in [2.24, 2.45) is 0 Å². The summed E-state index contributed by atoms with van der Waals surface area (Å²) in [6.07, 6.45) is 0. The summed E-state index contributed by atoms with van der Waals surface area (Å²) in [4.78, 5) is 7.42. The summed E-state index contributed by atoms with van der Waals surface area (Å²) in [6, 6.07) is 94.6. The van der Waals surface area contributed by atoms with Gasteiger partial charge in [0.2, 0.25) is 0 Å². The molecule has 3 aromatic heterocycles. The smallest absolute Gasteiger partial charge is 0.256 e. The first-order chi connectivity index (χ1) is 45.9. The molecule has 0 radical (unpaired) electrons. The van der Waals surface area contributed by atoms with Gasteiger partial charge in [-0.15, -0.1) is 0 Å². The molecule has 0 bridgehead atoms. The SMILES string of the molecule is CN1c2cc3c(cc2B2c4ccccc4Oc4cc(-n5c6ccccc6c6ccccc65)cc1c42)B1c2cc4c(cc2N(C)c2cc(-n5c6ccccc6c6ccccc65)cc(c21)N3C)Nc1cc(-n2c3ccccc3c3ccccc32)cc2c1B4c1ccccc1O2. The quantitative estimate of drug-likeness (QED) is 0.178. The van der Waals surface area contributed by atoms with Crippen LogP contribution in [0.15, 0.2) is 255 Å². The van der Waals surface area contributed by atoms with Crippen LogP contribution in [0.25, 0.3) is 82.5 Å². The maximum Gasteiger partial charge on any atom is 0.256 e. The lowest BCUT2D eigenvalue weighted by Gasteiger charge is -2.45. The molecule has 22 rings (SSSR count). The minimum atomic E-state index is -0.150. The van der Waals surface area contributed by atoms with Gasteiger partial charge in [0.05, 0.1) is 50.2 Å². The third-order valence-corrected chi connectivity index (χ3v) is 21.7. The van der Waals surface area contributed by atoms with Crippen LogP contribution in [0.5, 0.6) is 23.0 Å². The predicted molar refractivity (Wildman–Crippen MR) is 390 cm³/mol. The van der Waals surface area contributed by atoms with Crippen molar-refractivity contribution in [1.82, 2.24) is 13.7 Å². The predicted octanol–water partition coefficient (Wildman–Crippen LogP) is 13.0. The fraction of sp³-hybridized carbons (Fsp3) is 0.0370. The number of rotatable bonds is 3. The Hall–Kier alpha value is -11.7. The highest BCUT2D eigenvalue weighted by molar-refractivity contribution is 7.04. The second-order valence-corrected chi connectivity index (χ2v) is 26.1. The van der Waals surface area contributed by atoms with Crippen molar-refractivity contribution in [3.63, 3.8) is 0 Å². The van der Waals surface area contributed by atoms with Gasteiger partial charge >= 0.3 is 0 Å². The third-order valence-electron chi connectivity index (χ3n) is 21.7. The van der Waals surface area contributed by atoms with Crippen LogP contribution in [0.3, 0.4) is 0 Å². The molecule has 12 heteroatoms. The van der Waals surface area contributed by atoms with Gasteiger partial charge in [0, 0.05) is 111 Å². The Morgan fingerprint density at radius 2 is 0.591 bits per heavy atom. The first-order valence-corrected chi connectivity index (χ1v) is 32.3. The van der Waals surface area contributed by atoms with Crippen LogP contribution in [-0.4, -0.2) is 55.0 Å². The molecule has 6 aliphatic heterocycles. The molecule has 16 aromatic rings. The largest absolute Gasteiger partial charge is 0.458 e. The average molecular weight is 1190 g/mol. The van der Waals surface area contributed by atoms with E-state index >= 15 is 0 Å². The minimum absolute atomic E-state index is 0.105. The summed E-state index contributed by atoms with van der Waals surface area (Å²) < 4.78 is 21.6. The van der Waals surface area contributed by atoms with Gasteiger partial charge in [-0.25, -0.2) is 0 Å². The lowest BCUT2D eigenvalue weighted by Crippen LogP contribution is -2.66. The highest BCUT2D eigenvalue weighted by Crippen LogP contribution is 2.46. The first kappa shape index (κ1) is 50.1. The zero-order valence-electron chi connectivity index (χ0n) is 51.0. The van der Waals surface area contributed by atoms with Crippen LogP contribution in [-0.2, 0) is 0 Å². The zero-order chi connectivity index (χ0) is 60.8. The lowest BCUT2D eigenvalue weighted by atomic mass is 9.29. The van der Waals surface area contributed by atoms with Crippen LogP contribution in [0.2, 0.25) is 0 Å². The summed E-state index contributed by atoms with van der Waals surface area (Å²) in [5, 5.41) is 11.5. The van der Waals surface area contributed by atoms with Crippen LogP contribution < -0.4 is 78.7 Å². The highest BCUT2D eigenvalue weighted by Gasteiger charge is 2.48. The van der Waals surface area contributed by atoms with Gasteiger partial charge in [-0.1, -0.05) is 158 Å². The number of fused-ring (bicyclic) bond motifs is 21. The van der Waals surface area contributed by atoms with E-state index in [1.807, 2.05) is 0 Å². The van der Waals surface area contributed by atoms with E-state index in [-0.39, 0.29) is 20.1 Å². The topological polar surface area (TPSA) is 55.0 Å². The number of anilines is 8. The van der Waals surface area contributed by atoms with E-state index in [0.29, 0.717) is 0 Å². The van der Waals surface area contributed by atoms with E-state index < -0.39 is 0 Å². The average Bonchev–Trinajstić information content (AvgIpc) is 1.10. The third kappa shape index (κ3) is 6.44. The Balaban J connectivity index is 0.786. The molecule has 0 spiro atoms. The van der Waals surface area contributed by atoms with Crippen molar-refractivity contribution in [3.05, 3.63) is 255 Å². The number of ether oxygens (including phenoxy) is 2. The Labute approximate surface area is 536 Å². The maximum atomic E-state index is 7.17. The lowest BCUT2D eigenvalue weighted by molar-refractivity contribution is 0.487. The fourth-order valence-corrected chi connectivity index (χ4v) is 17.8. The normalized spacial score (nSPS) is 14.1. The van der Waals surface area contributed by atoms with Crippen molar-refractivity contribution in [3.8, 4) is 40.1 Å². The Kier molecular flexibility index (Phi) is 9.58. The van der Waals surface area contributed by atoms with Crippen LogP contribution in [0.4, 0.5) is 45.5 Å². The van der Waals surface area contributed by atoms with Crippen molar-refractivity contribution in [2.45, 2.75) is 0 Å². The summed E-state index contributed by atoms with van der Waals surface area (Å²) in [5.41, 5.74) is 30.4. The summed E-state index contributed by atoms with van der Waals surface area (Å²) >= 11 is 0. The Bertz CT molecular complexity index is 5960. The Morgan fingerprint density at radius 3 is 1.04 bits per heavy atom. The van der Waals surface area contributed by atoms with Crippen molar-refractivity contribution in [1.29, 1.82) is 0 Å². The summed E-state index contributed by atoms with van der Waals surface area (Å²) in [7, 11) is 6.84. The maximum absolute atomic E-state index is 7.17. The van der Waals surface area contributed by atoms with E-state index in [0.717, 1.165) is 90.1 Å². The number of hydrogen-bond donors (Lipinski definition) is 1. The van der Waals surface area contributed by atoms with Crippen LogP contribution in [0, 0.1) is 0 Å². The van der Waals surface area contributed by atoms with Gasteiger partial charge in [-0.2, -0.15) is 0 Å². The number of aromatic nitrogens is 3. The van der Waals surface area contributed by atoms with Crippen LogP contribution >= 0.6 is 0 Å². The molecule has 1 N–H and O–H groups in total. The molecule has 0 fully saturated rings. The molecular formula is C81H52B3N7O2. The molecular weight excluding hydrogens is 1140 g/mol. The van der Waals surface area contributed by atoms with Gasteiger partial charge in [0.25, 0.3) is 20.1 Å². The molecule has 93 heavy (non-hydrogen) atoms. The molecule has 13 aromatic carbocycles. The van der Waals surface area contributed by atoms with Crippen LogP contribution in [0.1, 0.15) is 0 Å². The fourth-order valence-electron chi connectivity index (χ4n) is 17.8. The van der Waals surface area contributed by atoms with Gasteiger partial charge in [-0.3, -0.25) is 0 Å². The van der Waals surface area contributed by atoms with Gasteiger partial charge < -0.3 is 43.2 Å². The van der Waals surface area contributed by atoms with E-state index in [4.69, 9.17) is 9.47 Å². The summed E-state index contributed by atoms with van der Waals surface area (Å²) in [6.45, 7) is -0.364. The Morgan fingerprint density at radius 1 is 0.258 bits per heavy atom. The molecule has 0 saturated heterocycles. The number of benzene rings is 13. The molecule has 0 unspecified atom stereocenters. The van der Waals surface area contributed by atoms with E-state index in [2.05, 4.69) is 310 Å². The summed E-state index contributed by atoms with van der Waals surface area (Å²) in [5.74, 6) is 3.52. The van der Waals surface area contributed by atoms with Crippen molar-refractivity contribution < 1.29 is 9.47 Å². The second kappa shape index (κ2) is 17.8. The molecule has 0 aliphatic carbocycles. The molecule has 432 valence electrons. The molecule has 0 amide bonds. The standard InChI is InChI=1S/C81H52B3N7O2/c1-86-69-44-61-57(82-55-26-10-18-34-75(55)92-77-40-46(36-62(85-61)79(77)82)89-63-28-12-4-20-49(63)50-21-5-13-29-64(50)89)42-58(69)84-60-43-59-70(45-71(60)87(2)73-38-47(37-72(86)80(73)84)90-65-30-14-6-22-51(65)52-23-7-15-31-66(52)90)88(3)74-39-48(41-78-81(74)83(59)56-27-11-19-35-76(56)93-78)91-67-32-16-8-24-53(67)54-25-9-17-33-68(54)91/h4-45,85H,1-3H3. The number of hydrogen-bond acceptors (Lipinski definition) is 6. The number of nitrogens with one attached hydrogen (secondary N) is 1. The molecule has 9 nitrogen and oxygen atoms in total. The van der Waals surface area contributed by atoms with E-state index in [1.165, 1.54) is 110 Å².